The third-order valence-electron chi connectivity index (χ3n) is 3.44. The number of carbonyl (C=O) groups excluding carboxylic acids is 1. The molecule has 0 spiro atoms. The van der Waals surface area contributed by atoms with Crippen molar-refractivity contribution in [2.24, 2.45) is 0 Å². The van der Waals surface area contributed by atoms with Gasteiger partial charge < -0.3 is 9.80 Å². The van der Waals surface area contributed by atoms with Crippen molar-refractivity contribution in [3.05, 3.63) is 29.8 Å². The van der Waals surface area contributed by atoms with E-state index in [0.29, 0.717) is 37.6 Å². The summed E-state index contributed by atoms with van der Waals surface area (Å²) in [7, 11) is 0. The van der Waals surface area contributed by atoms with Gasteiger partial charge in [0.05, 0.1) is 11.3 Å². The first-order chi connectivity index (χ1) is 9.91. The maximum absolute atomic E-state index is 12.7. The van der Waals surface area contributed by atoms with Gasteiger partial charge >= 0.3 is 6.18 Å². The molecule has 0 aromatic heterocycles. The highest BCUT2D eigenvalue weighted by molar-refractivity contribution is 7.99. The SMILES string of the molecule is CSCC(=O)N1CCN(c2cccc(C(F)(F)F)c2)CC1. The fourth-order valence-corrected chi connectivity index (χ4v) is 2.74. The van der Waals surface area contributed by atoms with E-state index in [1.165, 1.54) is 23.9 Å². The Morgan fingerprint density at radius 2 is 1.90 bits per heavy atom. The minimum absolute atomic E-state index is 0.0891. The van der Waals surface area contributed by atoms with Gasteiger partial charge in [0.25, 0.3) is 0 Å². The predicted octanol–water partition coefficient (Wildman–Crippen LogP) is 2.72. The highest BCUT2D eigenvalue weighted by atomic mass is 32.2. The molecule has 0 unspecified atom stereocenters. The van der Waals surface area contributed by atoms with Crippen molar-refractivity contribution in [1.82, 2.24) is 4.90 Å². The quantitative estimate of drug-likeness (QED) is 0.856. The summed E-state index contributed by atoms with van der Waals surface area (Å²) in [6, 6.07) is 5.33. The number of amides is 1. The molecule has 0 radical (unpaired) electrons. The van der Waals surface area contributed by atoms with Crippen LogP contribution in [0, 0.1) is 0 Å². The van der Waals surface area contributed by atoms with E-state index < -0.39 is 11.7 Å². The van der Waals surface area contributed by atoms with E-state index in [9.17, 15) is 18.0 Å². The lowest BCUT2D eigenvalue weighted by Crippen LogP contribution is -2.49. The van der Waals surface area contributed by atoms with Crippen molar-refractivity contribution in [3.63, 3.8) is 0 Å². The van der Waals surface area contributed by atoms with E-state index in [1.54, 1.807) is 11.0 Å². The van der Waals surface area contributed by atoms with Crippen LogP contribution in [0.25, 0.3) is 0 Å². The molecule has 1 aromatic rings. The summed E-state index contributed by atoms with van der Waals surface area (Å²) < 4.78 is 38.1. The molecule has 0 N–H and O–H groups in total. The standard InChI is InChI=1S/C14H17F3N2OS/c1-21-10-13(20)19-7-5-18(6-8-19)12-4-2-3-11(9-12)14(15,16)17/h2-4,9H,5-8,10H2,1H3. The molecule has 21 heavy (non-hydrogen) atoms. The lowest BCUT2D eigenvalue weighted by Gasteiger charge is -2.36. The Morgan fingerprint density at radius 3 is 2.48 bits per heavy atom. The van der Waals surface area contributed by atoms with Gasteiger partial charge in [-0.3, -0.25) is 4.79 Å². The first kappa shape index (κ1) is 16.0. The van der Waals surface area contributed by atoms with Crippen molar-refractivity contribution >= 4 is 23.4 Å². The van der Waals surface area contributed by atoms with Crippen LogP contribution in [0.1, 0.15) is 5.56 Å². The number of piperazine rings is 1. The largest absolute Gasteiger partial charge is 0.416 e. The normalized spacial score (nSPS) is 16.2. The van der Waals surface area contributed by atoms with Crippen LogP contribution < -0.4 is 4.90 Å². The Labute approximate surface area is 126 Å². The predicted molar refractivity (Wildman–Crippen MR) is 78.6 cm³/mol. The van der Waals surface area contributed by atoms with E-state index in [-0.39, 0.29) is 5.91 Å². The molecule has 1 aromatic carbocycles. The Balaban J connectivity index is 2.01. The highest BCUT2D eigenvalue weighted by Gasteiger charge is 2.31. The van der Waals surface area contributed by atoms with Crippen molar-refractivity contribution in [2.45, 2.75) is 6.18 Å². The van der Waals surface area contributed by atoms with Crippen LogP contribution >= 0.6 is 11.8 Å². The molecule has 0 aliphatic carbocycles. The van der Waals surface area contributed by atoms with Crippen molar-refractivity contribution in [1.29, 1.82) is 0 Å². The van der Waals surface area contributed by atoms with Gasteiger partial charge in [0.15, 0.2) is 0 Å². The molecule has 3 nitrogen and oxygen atoms in total. The number of halogens is 3. The number of hydrogen-bond donors (Lipinski definition) is 0. The van der Waals surface area contributed by atoms with Crippen molar-refractivity contribution in [2.75, 3.05) is 43.1 Å². The van der Waals surface area contributed by atoms with Gasteiger partial charge in [0.1, 0.15) is 0 Å². The lowest BCUT2D eigenvalue weighted by atomic mass is 10.1. The van der Waals surface area contributed by atoms with Crippen LogP contribution in [0.15, 0.2) is 24.3 Å². The summed E-state index contributed by atoms with van der Waals surface area (Å²) >= 11 is 1.48. The molecule has 7 heteroatoms. The number of hydrogen-bond acceptors (Lipinski definition) is 3. The van der Waals surface area contributed by atoms with E-state index in [4.69, 9.17) is 0 Å². The molecule has 0 saturated carbocycles. The highest BCUT2D eigenvalue weighted by Crippen LogP contribution is 2.31. The Kier molecular flexibility index (Phi) is 5.03. The summed E-state index contributed by atoms with van der Waals surface area (Å²) in [5.41, 5.74) is -0.0809. The first-order valence-electron chi connectivity index (χ1n) is 6.61. The average molecular weight is 318 g/mol. The molecular weight excluding hydrogens is 301 g/mol. The first-order valence-corrected chi connectivity index (χ1v) is 8.00. The molecule has 1 heterocycles. The Bertz CT molecular complexity index is 499. The number of alkyl halides is 3. The van der Waals surface area contributed by atoms with Gasteiger partial charge in [0.2, 0.25) is 5.91 Å². The molecule has 1 saturated heterocycles. The minimum atomic E-state index is -4.33. The molecule has 0 atom stereocenters. The molecule has 2 rings (SSSR count). The summed E-state index contributed by atoms with van der Waals surface area (Å²) in [4.78, 5) is 15.4. The van der Waals surface area contributed by atoms with E-state index in [0.717, 1.165) is 6.07 Å². The second-order valence-corrected chi connectivity index (χ2v) is 5.71. The summed E-state index contributed by atoms with van der Waals surface area (Å²) in [6.07, 6.45) is -2.46. The second-order valence-electron chi connectivity index (χ2n) is 4.85. The number of carbonyl (C=O) groups is 1. The minimum Gasteiger partial charge on any atom is -0.368 e. The molecule has 116 valence electrons. The van der Waals surface area contributed by atoms with Gasteiger partial charge in [0, 0.05) is 31.9 Å². The van der Waals surface area contributed by atoms with E-state index >= 15 is 0 Å². The van der Waals surface area contributed by atoms with Gasteiger partial charge in [-0.05, 0) is 24.5 Å². The van der Waals surface area contributed by atoms with Crippen LogP contribution in [0.2, 0.25) is 0 Å². The number of nitrogens with zero attached hydrogens (tertiary/aromatic N) is 2. The van der Waals surface area contributed by atoms with E-state index in [1.807, 2.05) is 11.2 Å². The number of rotatable bonds is 3. The monoisotopic (exact) mass is 318 g/mol. The number of benzene rings is 1. The van der Waals surface area contributed by atoms with Crippen LogP contribution in [0.5, 0.6) is 0 Å². The third kappa shape index (κ3) is 4.06. The molecular formula is C14H17F3N2OS. The third-order valence-corrected chi connectivity index (χ3v) is 3.97. The zero-order valence-corrected chi connectivity index (χ0v) is 12.5. The molecule has 0 bridgehead atoms. The molecule has 1 aliphatic heterocycles. The summed E-state index contributed by atoms with van der Waals surface area (Å²) in [5.74, 6) is 0.537. The zero-order chi connectivity index (χ0) is 15.5. The zero-order valence-electron chi connectivity index (χ0n) is 11.7. The summed E-state index contributed by atoms with van der Waals surface area (Å²) in [6.45, 7) is 2.22. The van der Waals surface area contributed by atoms with E-state index in [2.05, 4.69) is 0 Å². The van der Waals surface area contributed by atoms with Crippen LogP contribution in [0.4, 0.5) is 18.9 Å². The molecule has 1 amide bonds. The molecule has 1 fully saturated rings. The fraction of sp³-hybridized carbons (Fsp3) is 0.500. The maximum Gasteiger partial charge on any atom is 0.416 e. The second kappa shape index (κ2) is 6.60. The number of thioether (sulfide) groups is 1. The van der Waals surface area contributed by atoms with Crippen molar-refractivity contribution < 1.29 is 18.0 Å². The maximum atomic E-state index is 12.7. The van der Waals surface area contributed by atoms with Gasteiger partial charge in [-0.2, -0.15) is 24.9 Å². The fourth-order valence-electron chi connectivity index (χ4n) is 2.31. The smallest absolute Gasteiger partial charge is 0.368 e. The summed E-state index contributed by atoms with van der Waals surface area (Å²) in [5, 5.41) is 0. The topological polar surface area (TPSA) is 23.6 Å². The molecule has 1 aliphatic rings. The Hall–Kier alpha value is -1.37. The van der Waals surface area contributed by atoms with Crippen molar-refractivity contribution in [3.8, 4) is 0 Å². The van der Waals surface area contributed by atoms with Gasteiger partial charge in [-0.25, -0.2) is 0 Å². The lowest BCUT2D eigenvalue weighted by molar-refractivity contribution is -0.137. The van der Waals surface area contributed by atoms with Crippen LogP contribution in [-0.2, 0) is 11.0 Å². The Morgan fingerprint density at radius 1 is 1.24 bits per heavy atom. The van der Waals surface area contributed by atoms with Crippen LogP contribution in [-0.4, -0.2) is 49.0 Å². The van der Waals surface area contributed by atoms with Gasteiger partial charge in [-0.1, -0.05) is 6.07 Å². The van der Waals surface area contributed by atoms with Gasteiger partial charge in [-0.15, -0.1) is 0 Å². The van der Waals surface area contributed by atoms with Crippen LogP contribution in [0.3, 0.4) is 0 Å². The number of anilines is 1. The average Bonchev–Trinajstić information content (AvgIpc) is 2.47.